The number of rotatable bonds is 4. The van der Waals surface area contributed by atoms with Crippen LogP contribution in [0.2, 0.25) is 0 Å². The van der Waals surface area contributed by atoms with Gasteiger partial charge in [0.2, 0.25) is 0 Å². The van der Waals surface area contributed by atoms with Gasteiger partial charge < -0.3 is 10.2 Å². The number of nitrogens with zero attached hydrogens (tertiary/aromatic N) is 3. The summed E-state index contributed by atoms with van der Waals surface area (Å²) in [6.45, 7) is 1.91. The number of carbonyl (C=O) groups excluding carboxylic acids is 1. The molecule has 5 nitrogen and oxygen atoms in total. The molecule has 4 heterocycles. The molecule has 0 radical (unpaired) electrons. The number of hydrogen-bond acceptors (Lipinski definition) is 5. The van der Waals surface area contributed by atoms with Crippen molar-refractivity contribution in [2.45, 2.75) is 69.0 Å². The average molecular weight is 451 g/mol. The Morgan fingerprint density at radius 3 is 2.66 bits per heavy atom. The van der Waals surface area contributed by atoms with Gasteiger partial charge in [-0.25, -0.2) is 14.4 Å². The minimum Gasteiger partial charge on any atom is -0.339 e. The third-order valence-electron chi connectivity index (χ3n) is 7.57. The van der Waals surface area contributed by atoms with E-state index in [1.165, 1.54) is 18.9 Å². The Labute approximate surface area is 191 Å². The summed E-state index contributed by atoms with van der Waals surface area (Å²) in [6, 6.07) is 8.36. The molecule has 1 aromatic carbocycles. The van der Waals surface area contributed by atoms with Crippen molar-refractivity contribution in [3.05, 3.63) is 58.1 Å². The van der Waals surface area contributed by atoms with Crippen molar-refractivity contribution in [3.63, 3.8) is 0 Å². The molecular formula is C25H27FN4OS. The molecule has 6 rings (SSSR count). The number of benzene rings is 1. The number of hydrogen-bond donors (Lipinski definition) is 1. The molecule has 2 aromatic heterocycles. The predicted molar refractivity (Wildman–Crippen MR) is 124 cm³/mol. The van der Waals surface area contributed by atoms with Gasteiger partial charge in [0, 0.05) is 42.0 Å². The van der Waals surface area contributed by atoms with Crippen LogP contribution >= 0.6 is 11.3 Å². The highest BCUT2D eigenvalue weighted by Gasteiger charge is 2.43. The van der Waals surface area contributed by atoms with Crippen LogP contribution in [0.3, 0.4) is 0 Å². The monoisotopic (exact) mass is 450 g/mol. The zero-order valence-corrected chi connectivity index (χ0v) is 19.2. The molecule has 3 aliphatic rings. The third kappa shape index (κ3) is 3.42. The normalized spacial score (nSPS) is 28.8. The molecule has 1 unspecified atom stereocenters. The quantitative estimate of drug-likeness (QED) is 0.622. The first-order valence-corrected chi connectivity index (χ1v) is 12.4. The van der Waals surface area contributed by atoms with E-state index >= 15 is 4.39 Å². The van der Waals surface area contributed by atoms with Crippen molar-refractivity contribution >= 4 is 27.5 Å². The van der Waals surface area contributed by atoms with Gasteiger partial charge in [-0.1, -0.05) is 6.07 Å². The molecule has 1 amide bonds. The van der Waals surface area contributed by atoms with Crippen LogP contribution in [0, 0.1) is 12.7 Å². The maximum atomic E-state index is 15.2. The van der Waals surface area contributed by atoms with Crippen molar-refractivity contribution in [2.24, 2.45) is 0 Å². The van der Waals surface area contributed by atoms with Gasteiger partial charge in [0.1, 0.15) is 16.5 Å². The van der Waals surface area contributed by atoms with E-state index < -0.39 is 0 Å². The average Bonchev–Trinajstić information content (AvgIpc) is 3.30. The summed E-state index contributed by atoms with van der Waals surface area (Å²) >= 11 is 1.61. The van der Waals surface area contributed by atoms with Crippen LogP contribution in [-0.4, -0.2) is 45.9 Å². The highest BCUT2D eigenvalue weighted by Crippen LogP contribution is 2.56. The maximum absolute atomic E-state index is 15.2. The lowest BCUT2D eigenvalue weighted by molar-refractivity contribution is 0.0681. The standard InChI is InChI=1S/C25H27FN4OS/c1-13-27-23(19-7-8-32-24(19)28-13)21-12-20(21)18-6-3-14(9-22(18)26)25(31)30(2)17-10-15-4-5-16(11-17)29-15/h3,6-9,15-17,20-21,29H,4-5,10-12H2,1-2H3/t15-,16+,17?,20-,21+/m0/s1. The van der Waals surface area contributed by atoms with E-state index in [2.05, 4.69) is 21.4 Å². The Morgan fingerprint density at radius 1 is 1.12 bits per heavy atom. The largest absolute Gasteiger partial charge is 0.339 e. The van der Waals surface area contributed by atoms with Gasteiger partial charge >= 0.3 is 0 Å². The number of aryl methyl sites for hydroxylation is 1. The first-order chi connectivity index (χ1) is 15.5. The molecule has 1 saturated carbocycles. The minimum atomic E-state index is -0.283. The SMILES string of the molecule is Cc1nc([C@@H]2C[C@H]2c2ccc(C(=O)N(C)C3C[C@H]4CC[C@@H](C3)N4)cc2F)c2ccsc2n1. The van der Waals surface area contributed by atoms with Crippen LogP contribution in [0.25, 0.3) is 10.2 Å². The molecule has 1 N–H and O–H groups in total. The number of aromatic nitrogens is 2. The van der Waals surface area contributed by atoms with Gasteiger partial charge in [0.25, 0.3) is 5.91 Å². The molecule has 32 heavy (non-hydrogen) atoms. The molecule has 2 bridgehead atoms. The smallest absolute Gasteiger partial charge is 0.253 e. The fourth-order valence-electron chi connectivity index (χ4n) is 5.79. The van der Waals surface area contributed by atoms with Crippen LogP contribution in [0.5, 0.6) is 0 Å². The van der Waals surface area contributed by atoms with E-state index in [-0.39, 0.29) is 29.6 Å². The Bertz CT molecular complexity index is 1200. The predicted octanol–water partition coefficient (Wildman–Crippen LogP) is 4.76. The van der Waals surface area contributed by atoms with Crippen molar-refractivity contribution in [3.8, 4) is 0 Å². The Hall–Kier alpha value is -2.38. The van der Waals surface area contributed by atoms with Crippen molar-refractivity contribution in [1.82, 2.24) is 20.2 Å². The van der Waals surface area contributed by atoms with Crippen LogP contribution in [0.15, 0.2) is 29.6 Å². The zero-order chi connectivity index (χ0) is 22.0. The number of thiophene rings is 1. The molecule has 2 aliphatic heterocycles. The van der Waals surface area contributed by atoms with Gasteiger partial charge in [0.05, 0.1) is 5.69 Å². The van der Waals surface area contributed by atoms with Gasteiger partial charge in [-0.3, -0.25) is 4.79 Å². The molecule has 2 saturated heterocycles. The van der Waals surface area contributed by atoms with E-state index in [0.717, 1.165) is 41.0 Å². The lowest BCUT2D eigenvalue weighted by atomic mass is 9.97. The zero-order valence-electron chi connectivity index (χ0n) is 18.3. The molecular weight excluding hydrogens is 423 g/mol. The number of carbonyl (C=O) groups is 1. The summed E-state index contributed by atoms with van der Waals surface area (Å²) in [5, 5.41) is 6.73. The van der Waals surface area contributed by atoms with Gasteiger partial charge in [-0.2, -0.15) is 0 Å². The second-order valence-corrected chi connectivity index (χ2v) is 10.6. The van der Waals surface area contributed by atoms with Gasteiger partial charge in [-0.05, 0) is 74.1 Å². The van der Waals surface area contributed by atoms with Crippen molar-refractivity contribution in [1.29, 1.82) is 0 Å². The topological polar surface area (TPSA) is 58.1 Å². The summed E-state index contributed by atoms with van der Waals surface area (Å²) in [7, 11) is 1.87. The highest BCUT2D eigenvalue weighted by molar-refractivity contribution is 7.16. The fraction of sp³-hybridized carbons (Fsp3) is 0.480. The van der Waals surface area contributed by atoms with Crippen LogP contribution in [0.1, 0.15) is 71.4 Å². The Balaban J connectivity index is 1.20. The van der Waals surface area contributed by atoms with Crippen LogP contribution < -0.4 is 5.32 Å². The van der Waals surface area contributed by atoms with E-state index in [4.69, 9.17) is 0 Å². The van der Waals surface area contributed by atoms with E-state index in [9.17, 15) is 4.79 Å². The number of piperidine rings is 1. The fourth-order valence-corrected chi connectivity index (χ4v) is 6.60. The minimum absolute atomic E-state index is 0.0829. The number of halogens is 1. The molecule has 0 spiro atoms. The lowest BCUT2D eigenvalue weighted by Crippen LogP contribution is -2.48. The van der Waals surface area contributed by atoms with Crippen molar-refractivity contribution in [2.75, 3.05) is 7.05 Å². The first kappa shape index (κ1) is 20.2. The van der Waals surface area contributed by atoms with Crippen molar-refractivity contribution < 1.29 is 9.18 Å². The van der Waals surface area contributed by atoms with E-state index in [1.807, 2.05) is 30.3 Å². The molecule has 5 atom stereocenters. The molecule has 7 heteroatoms. The summed E-state index contributed by atoms with van der Waals surface area (Å²) in [5.41, 5.74) is 2.15. The molecule has 3 fully saturated rings. The van der Waals surface area contributed by atoms with Gasteiger partial charge in [0.15, 0.2) is 0 Å². The summed E-state index contributed by atoms with van der Waals surface area (Å²) in [6.07, 6.45) is 5.23. The second kappa shape index (κ2) is 7.59. The number of fused-ring (bicyclic) bond motifs is 3. The summed E-state index contributed by atoms with van der Waals surface area (Å²) in [4.78, 5) is 25.1. The number of amides is 1. The summed E-state index contributed by atoms with van der Waals surface area (Å²) < 4.78 is 15.2. The third-order valence-corrected chi connectivity index (χ3v) is 8.38. The Morgan fingerprint density at radius 2 is 1.91 bits per heavy atom. The number of nitrogens with one attached hydrogen (secondary N) is 1. The lowest BCUT2D eigenvalue weighted by Gasteiger charge is -2.35. The second-order valence-electron chi connectivity index (χ2n) is 9.66. The van der Waals surface area contributed by atoms with E-state index in [1.54, 1.807) is 17.4 Å². The molecule has 166 valence electrons. The van der Waals surface area contributed by atoms with Crippen LogP contribution in [0.4, 0.5) is 4.39 Å². The van der Waals surface area contributed by atoms with Gasteiger partial charge in [-0.15, -0.1) is 11.3 Å². The molecule has 3 aromatic rings. The molecule has 1 aliphatic carbocycles. The maximum Gasteiger partial charge on any atom is 0.253 e. The highest BCUT2D eigenvalue weighted by atomic mass is 32.1. The first-order valence-electron chi connectivity index (χ1n) is 11.5. The van der Waals surface area contributed by atoms with E-state index in [0.29, 0.717) is 23.2 Å². The van der Waals surface area contributed by atoms with Crippen LogP contribution in [-0.2, 0) is 0 Å². The Kier molecular flexibility index (Phi) is 4.80. The summed E-state index contributed by atoms with van der Waals surface area (Å²) in [5.74, 6) is 0.707.